The third kappa shape index (κ3) is 2.54. The molecule has 0 atom stereocenters. The summed E-state index contributed by atoms with van der Waals surface area (Å²) in [5.74, 6) is 0.273. The molecule has 0 aliphatic rings. The van der Waals surface area contributed by atoms with Gasteiger partial charge in [-0.2, -0.15) is 0 Å². The Morgan fingerprint density at radius 2 is 2.14 bits per heavy atom. The van der Waals surface area contributed by atoms with Gasteiger partial charge in [0.1, 0.15) is 11.6 Å². The third-order valence-electron chi connectivity index (χ3n) is 3.11. The van der Waals surface area contributed by atoms with Crippen molar-refractivity contribution in [2.24, 2.45) is 0 Å². The van der Waals surface area contributed by atoms with E-state index in [0.29, 0.717) is 16.9 Å². The maximum atomic E-state index is 13.5. The van der Waals surface area contributed by atoms with Crippen LogP contribution in [0.2, 0.25) is 5.02 Å². The number of aromatic amines is 1. The zero-order valence-corrected chi connectivity index (χ0v) is 12.8. The van der Waals surface area contributed by atoms with E-state index < -0.39 is 5.82 Å². The lowest BCUT2D eigenvalue weighted by atomic mass is 10.2. The second-order valence-electron chi connectivity index (χ2n) is 4.48. The Kier molecular flexibility index (Phi) is 3.69. The highest BCUT2D eigenvalue weighted by atomic mass is 35.5. The van der Waals surface area contributed by atoms with Gasteiger partial charge in [0.15, 0.2) is 4.77 Å². The predicted molar refractivity (Wildman–Crippen MR) is 84.6 cm³/mol. The Morgan fingerprint density at radius 3 is 2.90 bits per heavy atom. The summed E-state index contributed by atoms with van der Waals surface area (Å²) in [5.41, 5.74) is 2.16. The molecule has 3 aromatic rings. The lowest BCUT2D eigenvalue weighted by molar-refractivity contribution is 0.340. The van der Waals surface area contributed by atoms with E-state index in [0.717, 1.165) is 17.0 Å². The summed E-state index contributed by atoms with van der Waals surface area (Å²) in [4.78, 5) is 2.98. The van der Waals surface area contributed by atoms with Crippen LogP contribution in [0.4, 0.5) is 4.39 Å². The topological polar surface area (TPSA) is 29.9 Å². The van der Waals surface area contributed by atoms with E-state index >= 15 is 0 Å². The van der Waals surface area contributed by atoms with Crippen molar-refractivity contribution in [3.05, 3.63) is 52.0 Å². The second kappa shape index (κ2) is 5.50. The molecule has 0 aliphatic carbocycles. The van der Waals surface area contributed by atoms with Crippen molar-refractivity contribution < 1.29 is 9.13 Å². The van der Waals surface area contributed by atoms with Gasteiger partial charge >= 0.3 is 0 Å². The van der Waals surface area contributed by atoms with E-state index in [2.05, 4.69) is 4.98 Å². The van der Waals surface area contributed by atoms with E-state index in [4.69, 9.17) is 28.6 Å². The molecule has 0 saturated heterocycles. The third-order valence-corrected chi connectivity index (χ3v) is 3.69. The largest absolute Gasteiger partial charge is 0.494 e. The Morgan fingerprint density at radius 1 is 1.33 bits per heavy atom. The molecule has 3 nitrogen and oxygen atoms in total. The zero-order valence-electron chi connectivity index (χ0n) is 11.2. The van der Waals surface area contributed by atoms with Crippen molar-refractivity contribution in [2.75, 3.05) is 6.61 Å². The zero-order chi connectivity index (χ0) is 15.0. The normalized spacial score (nSPS) is 11.0. The summed E-state index contributed by atoms with van der Waals surface area (Å²) in [6, 6.07) is 10.4. The molecule has 0 spiro atoms. The number of H-pyrrole nitrogens is 1. The van der Waals surface area contributed by atoms with E-state index in [9.17, 15) is 4.39 Å². The number of rotatable bonds is 3. The fourth-order valence-electron chi connectivity index (χ4n) is 2.24. The molecule has 21 heavy (non-hydrogen) atoms. The smallest absolute Gasteiger partial charge is 0.182 e. The summed E-state index contributed by atoms with van der Waals surface area (Å²) in [6.45, 7) is 2.51. The van der Waals surface area contributed by atoms with Crippen molar-refractivity contribution in [1.82, 2.24) is 9.55 Å². The average Bonchev–Trinajstić information content (AvgIpc) is 2.75. The molecular weight excluding hydrogens is 311 g/mol. The van der Waals surface area contributed by atoms with Crippen LogP contribution in [0.15, 0.2) is 36.4 Å². The lowest BCUT2D eigenvalue weighted by Gasteiger charge is -2.08. The number of benzene rings is 2. The quantitative estimate of drug-likeness (QED) is 0.696. The molecule has 1 aromatic heterocycles. The van der Waals surface area contributed by atoms with Gasteiger partial charge in [-0.1, -0.05) is 17.7 Å². The first-order valence-corrected chi connectivity index (χ1v) is 7.22. The monoisotopic (exact) mass is 322 g/mol. The van der Waals surface area contributed by atoms with Crippen LogP contribution in [0, 0.1) is 10.6 Å². The van der Waals surface area contributed by atoms with Crippen LogP contribution in [0.1, 0.15) is 6.92 Å². The molecule has 3 rings (SSSR count). The number of fused-ring (bicyclic) bond motifs is 1. The van der Waals surface area contributed by atoms with Gasteiger partial charge in [0, 0.05) is 12.1 Å². The Bertz CT molecular complexity index is 872. The molecule has 0 radical (unpaired) electrons. The summed E-state index contributed by atoms with van der Waals surface area (Å²) in [5, 5.41) is 0.0613. The van der Waals surface area contributed by atoms with Crippen molar-refractivity contribution >= 4 is 34.9 Å². The molecule has 108 valence electrons. The van der Waals surface area contributed by atoms with Gasteiger partial charge < -0.3 is 9.72 Å². The van der Waals surface area contributed by atoms with Crippen LogP contribution in [0.3, 0.4) is 0 Å². The molecule has 0 fully saturated rings. The van der Waals surface area contributed by atoms with E-state index in [-0.39, 0.29) is 5.02 Å². The number of ether oxygens (including phenoxy) is 1. The first-order valence-electron chi connectivity index (χ1n) is 6.43. The summed E-state index contributed by atoms with van der Waals surface area (Å²) >= 11 is 11.2. The van der Waals surface area contributed by atoms with Crippen LogP contribution in [0.25, 0.3) is 16.7 Å². The summed E-state index contributed by atoms with van der Waals surface area (Å²) < 4.78 is 21.3. The standard InChI is InChI=1S/C15H12ClFN2OS/c1-2-20-10-5-3-4-9(6-10)19-14-7-11(16)12(17)8-13(14)18-15(19)21/h3-8H,2H2,1H3,(H,18,21). The molecule has 1 N–H and O–H groups in total. The summed E-state index contributed by atoms with van der Waals surface area (Å²) in [6.07, 6.45) is 0. The van der Waals surface area contributed by atoms with Crippen LogP contribution in [-0.4, -0.2) is 16.2 Å². The van der Waals surface area contributed by atoms with Gasteiger partial charge in [-0.05, 0) is 37.3 Å². The van der Waals surface area contributed by atoms with Gasteiger partial charge in [-0.25, -0.2) is 4.39 Å². The van der Waals surface area contributed by atoms with Gasteiger partial charge in [0.25, 0.3) is 0 Å². The van der Waals surface area contributed by atoms with Crippen LogP contribution in [-0.2, 0) is 0 Å². The molecule has 0 amide bonds. The highest BCUT2D eigenvalue weighted by Gasteiger charge is 2.11. The van der Waals surface area contributed by atoms with Crippen LogP contribution in [0.5, 0.6) is 5.75 Å². The minimum Gasteiger partial charge on any atom is -0.494 e. The maximum absolute atomic E-state index is 13.5. The molecule has 0 saturated carbocycles. The fraction of sp³-hybridized carbons (Fsp3) is 0.133. The van der Waals surface area contributed by atoms with Crippen molar-refractivity contribution in [3.8, 4) is 11.4 Å². The second-order valence-corrected chi connectivity index (χ2v) is 5.27. The minimum atomic E-state index is -0.476. The molecule has 0 unspecified atom stereocenters. The number of nitrogens with one attached hydrogen (secondary N) is 1. The molecule has 2 aromatic carbocycles. The molecule has 6 heteroatoms. The number of imidazole rings is 1. The van der Waals surface area contributed by atoms with Crippen molar-refractivity contribution in [1.29, 1.82) is 0 Å². The van der Waals surface area contributed by atoms with E-state index in [1.54, 1.807) is 10.6 Å². The molecule has 0 bridgehead atoms. The SMILES string of the molecule is CCOc1cccc(-n2c(=S)[nH]c3cc(F)c(Cl)cc32)c1. The minimum absolute atomic E-state index is 0.0613. The number of halogens is 2. The average molecular weight is 323 g/mol. The number of hydrogen-bond donors (Lipinski definition) is 1. The fourth-order valence-corrected chi connectivity index (χ4v) is 2.71. The van der Waals surface area contributed by atoms with Crippen LogP contribution >= 0.6 is 23.8 Å². The highest BCUT2D eigenvalue weighted by molar-refractivity contribution is 7.71. The number of aromatic nitrogens is 2. The van der Waals surface area contributed by atoms with Gasteiger partial charge in [0.2, 0.25) is 0 Å². The Labute approximate surface area is 130 Å². The van der Waals surface area contributed by atoms with Gasteiger partial charge in [0.05, 0.1) is 28.4 Å². The number of nitrogens with zero attached hydrogens (tertiary/aromatic N) is 1. The number of hydrogen-bond acceptors (Lipinski definition) is 2. The molecule has 1 heterocycles. The van der Waals surface area contributed by atoms with Crippen LogP contribution < -0.4 is 4.74 Å². The highest BCUT2D eigenvalue weighted by Crippen LogP contribution is 2.26. The van der Waals surface area contributed by atoms with Crippen molar-refractivity contribution in [2.45, 2.75) is 6.92 Å². The first-order chi connectivity index (χ1) is 10.1. The van der Waals surface area contributed by atoms with Crippen molar-refractivity contribution in [3.63, 3.8) is 0 Å². The Hall–Kier alpha value is -1.85. The van der Waals surface area contributed by atoms with E-state index in [1.165, 1.54) is 6.07 Å². The van der Waals surface area contributed by atoms with E-state index in [1.807, 2.05) is 31.2 Å². The van der Waals surface area contributed by atoms with Gasteiger partial charge in [-0.15, -0.1) is 0 Å². The molecule has 0 aliphatic heterocycles. The maximum Gasteiger partial charge on any atom is 0.182 e. The Balaban J connectivity index is 2.24. The first kappa shape index (κ1) is 14.1. The lowest BCUT2D eigenvalue weighted by Crippen LogP contribution is -1.96. The summed E-state index contributed by atoms with van der Waals surface area (Å²) in [7, 11) is 0. The molecular formula is C15H12ClFN2OS. The van der Waals surface area contributed by atoms with Gasteiger partial charge in [-0.3, -0.25) is 4.57 Å². The predicted octanol–water partition coefficient (Wildman–Crippen LogP) is 4.88.